The van der Waals surface area contributed by atoms with Crippen molar-refractivity contribution >= 4 is 15.7 Å². The number of nitrogens with zero attached hydrogens (tertiary/aromatic N) is 1. The van der Waals surface area contributed by atoms with Gasteiger partial charge >= 0.3 is 0 Å². The van der Waals surface area contributed by atoms with Crippen LogP contribution in [-0.4, -0.2) is 36.8 Å². The van der Waals surface area contributed by atoms with Crippen molar-refractivity contribution in [2.75, 3.05) is 11.5 Å². The van der Waals surface area contributed by atoms with E-state index in [-0.39, 0.29) is 23.5 Å². The van der Waals surface area contributed by atoms with Crippen LogP contribution in [0.3, 0.4) is 0 Å². The molecular formula is C26H27NO3S. The number of hydrogen-bond donors (Lipinski definition) is 0. The van der Waals surface area contributed by atoms with Crippen LogP contribution >= 0.6 is 0 Å². The van der Waals surface area contributed by atoms with Crippen LogP contribution in [0.4, 0.5) is 0 Å². The number of hydrogen-bond acceptors (Lipinski definition) is 3. The molecule has 4 nitrogen and oxygen atoms in total. The maximum atomic E-state index is 14.0. The van der Waals surface area contributed by atoms with Crippen LogP contribution in [0.1, 0.15) is 34.6 Å². The molecule has 1 fully saturated rings. The molecule has 31 heavy (non-hydrogen) atoms. The lowest BCUT2D eigenvalue weighted by Gasteiger charge is -2.32. The lowest BCUT2D eigenvalue weighted by Crippen LogP contribution is -2.43. The minimum atomic E-state index is -3.12. The maximum absolute atomic E-state index is 14.0. The summed E-state index contributed by atoms with van der Waals surface area (Å²) in [5.74, 6) is -0.367. The Balaban J connectivity index is 1.74. The molecule has 0 N–H and O–H groups in total. The summed E-state index contributed by atoms with van der Waals surface area (Å²) >= 11 is 0. The molecule has 0 radical (unpaired) electrons. The average molecular weight is 434 g/mol. The summed E-state index contributed by atoms with van der Waals surface area (Å²) < 4.78 is 24.5. The monoisotopic (exact) mass is 433 g/mol. The van der Waals surface area contributed by atoms with Gasteiger partial charge in [-0.15, -0.1) is 0 Å². The topological polar surface area (TPSA) is 54.5 Å². The third-order valence-electron chi connectivity index (χ3n) is 5.92. The van der Waals surface area contributed by atoms with E-state index in [2.05, 4.69) is 0 Å². The Labute approximate surface area is 184 Å². The van der Waals surface area contributed by atoms with Crippen molar-refractivity contribution in [3.63, 3.8) is 0 Å². The summed E-state index contributed by atoms with van der Waals surface area (Å²) in [4.78, 5) is 15.8. The third-order valence-corrected chi connectivity index (χ3v) is 7.67. The average Bonchev–Trinajstić information content (AvgIpc) is 3.14. The van der Waals surface area contributed by atoms with Gasteiger partial charge in [-0.25, -0.2) is 8.42 Å². The first-order valence-electron chi connectivity index (χ1n) is 10.6. The molecule has 3 aromatic carbocycles. The summed E-state index contributed by atoms with van der Waals surface area (Å²) in [6, 6.07) is 27.2. The first-order valence-corrected chi connectivity index (χ1v) is 12.4. The highest BCUT2D eigenvalue weighted by atomic mass is 32.2. The van der Waals surface area contributed by atoms with Crippen molar-refractivity contribution in [2.24, 2.45) is 0 Å². The van der Waals surface area contributed by atoms with Gasteiger partial charge in [0.1, 0.15) is 0 Å². The number of rotatable bonds is 6. The van der Waals surface area contributed by atoms with E-state index in [4.69, 9.17) is 0 Å². The Kier molecular flexibility index (Phi) is 6.23. The van der Waals surface area contributed by atoms with Gasteiger partial charge in [0.15, 0.2) is 9.84 Å². The van der Waals surface area contributed by atoms with Gasteiger partial charge in [-0.1, -0.05) is 90.5 Å². The van der Waals surface area contributed by atoms with Gasteiger partial charge in [0.2, 0.25) is 5.91 Å². The number of sulfone groups is 1. The molecule has 0 aromatic heterocycles. The molecule has 1 atom stereocenters. The molecule has 1 aliphatic heterocycles. The zero-order valence-electron chi connectivity index (χ0n) is 17.6. The summed E-state index contributed by atoms with van der Waals surface area (Å²) in [6.45, 7) is 2.42. The minimum absolute atomic E-state index is 0.0287. The van der Waals surface area contributed by atoms with Gasteiger partial charge in [-0.3, -0.25) is 4.79 Å². The van der Waals surface area contributed by atoms with E-state index in [1.54, 1.807) is 4.90 Å². The molecule has 1 saturated heterocycles. The van der Waals surface area contributed by atoms with E-state index >= 15 is 0 Å². The molecule has 0 saturated carbocycles. The quantitative estimate of drug-likeness (QED) is 0.581. The summed E-state index contributed by atoms with van der Waals surface area (Å²) in [7, 11) is -3.12. The predicted molar refractivity (Wildman–Crippen MR) is 124 cm³/mol. The Morgan fingerprint density at radius 3 is 1.94 bits per heavy atom. The Morgan fingerprint density at radius 1 is 0.903 bits per heavy atom. The van der Waals surface area contributed by atoms with Crippen LogP contribution in [0.2, 0.25) is 0 Å². The van der Waals surface area contributed by atoms with E-state index in [0.717, 1.165) is 22.3 Å². The molecule has 1 unspecified atom stereocenters. The highest BCUT2D eigenvalue weighted by Gasteiger charge is 2.37. The molecule has 1 heterocycles. The fourth-order valence-corrected chi connectivity index (χ4v) is 5.96. The normalized spacial score (nSPS) is 17.5. The predicted octanol–water partition coefficient (Wildman–Crippen LogP) is 4.34. The minimum Gasteiger partial charge on any atom is -0.334 e. The standard InChI is InChI=1S/C26H27NO3S/c1-20-12-14-21(15-13-20)18-27(24-16-17-31(29,30)19-24)26(28)25(22-8-4-2-5-9-22)23-10-6-3-7-11-23/h2-15,24-25H,16-19H2,1H3. The highest BCUT2D eigenvalue weighted by Crippen LogP contribution is 2.30. The van der Waals surface area contributed by atoms with Gasteiger partial charge in [0, 0.05) is 12.6 Å². The van der Waals surface area contributed by atoms with Gasteiger partial charge in [0.25, 0.3) is 0 Å². The lowest BCUT2D eigenvalue weighted by atomic mass is 9.89. The van der Waals surface area contributed by atoms with E-state index in [1.165, 1.54) is 0 Å². The first-order chi connectivity index (χ1) is 14.9. The molecule has 1 amide bonds. The van der Waals surface area contributed by atoms with Gasteiger partial charge in [0.05, 0.1) is 17.4 Å². The van der Waals surface area contributed by atoms with Crippen LogP contribution in [0.15, 0.2) is 84.9 Å². The molecule has 0 spiro atoms. The molecule has 5 heteroatoms. The van der Waals surface area contributed by atoms with E-state index in [9.17, 15) is 13.2 Å². The second-order valence-electron chi connectivity index (χ2n) is 8.26. The van der Waals surface area contributed by atoms with Crippen LogP contribution in [-0.2, 0) is 21.2 Å². The van der Waals surface area contributed by atoms with Gasteiger partial charge in [-0.05, 0) is 30.0 Å². The maximum Gasteiger partial charge on any atom is 0.235 e. The van der Waals surface area contributed by atoms with Crippen molar-refractivity contribution in [1.82, 2.24) is 4.90 Å². The van der Waals surface area contributed by atoms with Crippen molar-refractivity contribution in [2.45, 2.75) is 31.8 Å². The SMILES string of the molecule is Cc1ccc(CN(C(=O)C(c2ccccc2)c2ccccc2)C2CCS(=O)(=O)C2)cc1. The summed E-state index contributed by atoms with van der Waals surface area (Å²) in [6.07, 6.45) is 0.482. The number of benzene rings is 3. The highest BCUT2D eigenvalue weighted by molar-refractivity contribution is 7.91. The third kappa shape index (κ3) is 5.05. The Hall–Kier alpha value is -2.92. The second-order valence-corrected chi connectivity index (χ2v) is 10.5. The smallest absolute Gasteiger partial charge is 0.235 e. The molecule has 160 valence electrons. The summed E-state index contributed by atoms with van der Waals surface area (Å²) in [5.41, 5.74) is 3.97. The van der Waals surface area contributed by atoms with Crippen LogP contribution in [0.5, 0.6) is 0 Å². The van der Waals surface area contributed by atoms with Crippen LogP contribution in [0.25, 0.3) is 0 Å². The van der Waals surface area contributed by atoms with Gasteiger partial charge < -0.3 is 4.90 Å². The van der Waals surface area contributed by atoms with Gasteiger partial charge in [-0.2, -0.15) is 0 Å². The largest absolute Gasteiger partial charge is 0.334 e. The second kappa shape index (κ2) is 9.06. The van der Waals surface area contributed by atoms with Crippen molar-refractivity contribution in [1.29, 1.82) is 0 Å². The Bertz CT molecular complexity index is 1090. The number of aryl methyl sites for hydroxylation is 1. The molecule has 1 aliphatic rings. The number of carbonyl (C=O) groups is 1. The molecule has 0 bridgehead atoms. The fourth-order valence-electron chi connectivity index (χ4n) is 4.23. The van der Waals surface area contributed by atoms with Crippen LogP contribution < -0.4 is 0 Å². The molecule has 4 rings (SSSR count). The van der Waals surface area contributed by atoms with Crippen molar-refractivity contribution in [3.05, 3.63) is 107 Å². The molecule has 0 aliphatic carbocycles. The van der Waals surface area contributed by atoms with Crippen molar-refractivity contribution in [3.8, 4) is 0 Å². The zero-order chi connectivity index (χ0) is 21.8. The Morgan fingerprint density at radius 2 is 1.45 bits per heavy atom. The summed E-state index contributed by atoms with van der Waals surface area (Å²) in [5, 5.41) is 0. The van der Waals surface area contributed by atoms with Crippen LogP contribution in [0, 0.1) is 6.92 Å². The molecule has 3 aromatic rings. The van der Waals surface area contributed by atoms with Crippen molar-refractivity contribution < 1.29 is 13.2 Å². The molecular weight excluding hydrogens is 406 g/mol. The van der Waals surface area contributed by atoms with E-state index in [0.29, 0.717) is 13.0 Å². The first kappa shape index (κ1) is 21.3. The lowest BCUT2D eigenvalue weighted by molar-refractivity contribution is -0.134. The van der Waals surface area contributed by atoms with E-state index in [1.807, 2.05) is 91.9 Å². The fraction of sp³-hybridized carbons (Fsp3) is 0.269. The number of carbonyl (C=O) groups excluding carboxylic acids is 1. The number of amides is 1. The zero-order valence-corrected chi connectivity index (χ0v) is 18.5. The van der Waals surface area contributed by atoms with E-state index < -0.39 is 15.8 Å².